The summed E-state index contributed by atoms with van der Waals surface area (Å²) in [6.07, 6.45) is 0.704. The molecule has 28 heavy (non-hydrogen) atoms. The fraction of sp³-hybridized carbons (Fsp3) is 0.350. The maximum atomic E-state index is 14.2. The Bertz CT molecular complexity index is 913. The van der Waals surface area contributed by atoms with E-state index in [1.54, 1.807) is 12.1 Å². The fourth-order valence-corrected chi connectivity index (χ4v) is 4.11. The summed E-state index contributed by atoms with van der Waals surface area (Å²) in [5, 5.41) is 2.84. The number of sulfonamides is 1. The van der Waals surface area contributed by atoms with E-state index in [1.165, 1.54) is 30.3 Å². The van der Waals surface area contributed by atoms with Crippen LogP contribution in [0.5, 0.6) is 0 Å². The third-order valence-electron chi connectivity index (χ3n) is 4.39. The molecule has 0 saturated heterocycles. The number of rotatable bonds is 8. The Morgan fingerprint density at radius 2 is 1.86 bits per heavy atom. The van der Waals surface area contributed by atoms with Crippen LogP contribution in [0.3, 0.4) is 0 Å². The zero-order chi connectivity index (χ0) is 20.9. The SMILES string of the molecule is CC[C@H](C)NC(=O)CN(Cc1c(F)cccc1Cl)S(=O)(=O)c1ccc(C)cc1. The standard InChI is InChI=1S/C20H24ClFN2O3S/c1-4-15(3)23-20(25)13-24(12-17-18(21)6-5-7-19(17)22)28(26,27)16-10-8-14(2)9-11-16/h5-11,15H,4,12-13H2,1-3H3,(H,23,25)/t15-/m0/s1. The van der Waals surface area contributed by atoms with Gasteiger partial charge in [0.05, 0.1) is 11.4 Å². The van der Waals surface area contributed by atoms with E-state index >= 15 is 0 Å². The second-order valence-corrected chi connectivity index (χ2v) is 9.01. The molecule has 0 aliphatic carbocycles. The van der Waals surface area contributed by atoms with E-state index in [-0.39, 0.29) is 28.1 Å². The maximum absolute atomic E-state index is 14.2. The highest BCUT2D eigenvalue weighted by atomic mass is 35.5. The summed E-state index contributed by atoms with van der Waals surface area (Å²) in [4.78, 5) is 12.4. The van der Waals surface area contributed by atoms with Crippen molar-refractivity contribution in [1.29, 1.82) is 0 Å². The molecule has 0 saturated carbocycles. The number of nitrogens with zero attached hydrogens (tertiary/aromatic N) is 1. The Hall–Kier alpha value is -1.96. The summed E-state index contributed by atoms with van der Waals surface area (Å²) in [5.74, 6) is -1.09. The number of hydrogen-bond donors (Lipinski definition) is 1. The van der Waals surface area contributed by atoms with E-state index in [2.05, 4.69) is 5.32 Å². The van der Waals surface area contributed by atoms with Crippen LogP contribution < -0.4 is 5.32 Å². The second-order valence-electron chi connectivity index (χ2n) is 6.66. The van der Waals surface area contributed by atoms with Gasteiger partial charge in [-0.2, -0.15) is 4.31 Å². The van der Waals surface area contributed by atoms with Gasteiger partial charge in [0.1, 0.15) is 5.82 Å². The van der Waals surface area contributed by atoms with E-state index in [1.807, 2.05) is 20.8 Å². The lowest BCUT2D eigenvalue weighted by molar-refractivity contribution is -0.122. The van der Waals surface area contributed by atoms with Crippen LogP contribution >= 0.6 is 11.6 Å². The van der Waals surface area contributed by atoms with E-state index in [4.69, 9.17) is 11.6 Å². The van der Waals surface area contributed by atoms with Crippen LogP contribution in [0.15, 0.2) is 47.4 Å². The minimum Gasteiger partial charge on any atom is -0.353 e. The molecule has 0 bridgehead atoms. The minimum absolute atomic E-state index is 0.0243. The topological polar surface area (TPSA) is 66.5 Å². The number of nitrogens with one attached hydrogen (secondary N) is 1. The van der Waals surface area contributed by atoms with E-state index in [0.717, 1.165) is 9.87 Å². The Morgan fingerprint density at radius 3 is 2.43 bits per heavy atom. The molecule has 5 nitrogen and oxygen atoms in total. The van der Waals surface area contributed by atoms with E-state index in [0.29, 0.717) is 6.42 Å². The van der Waals surface area contributed by atoms with Crippen LogP contribution in [0.4, 0.5) is 4.39 Å². The van der Waals surface area contributed by atoms with Gasteiger partial charge in [0.2, 0.25) is 15.9 Å². The Labute approximate surface area is 170 Å². The van der Waals surface area contributed by atoms with Gasteiger partial charge in [-0.3, -0.25) is 4.79 Å². The highest BCUT2D eigenvalue weighted by Gasteiger charge is 2.28. The molecule has 0 unspecified atom stereocenters. The molecule has 8 heteroatoms. The highest BCUT2D eigenvalue weighted by molar-refractivity contribution is 7.89. The predicted octanol–water partition coefficient (Wildman–Crippen LogP) is 3.89. The lowest BCUT2D eigenvalue weighted by atomic mass is 10.2. The Kier molecular flexibility index (Phi) is 7.57. The number of hydrogen-bond acceptors (Lipinski definition) is 3. The van der Waals surface area contributed by atoms with Crippen molar-refractivity contribution in [3.05, 3.63) is 64.4 Å². The average molecular weight is 427 g/mol. The zero-order valence-corrected chi connectivity index (χ0v) is 17.6. The van der Waals surface area contributed by atoms with Gasteiger partial charge in [0.15, 0.2) is 0 Å². The van der Waals surface area contributed by atoms with Crippen LogP contribution in [0.2, 0.25) is 5.02 Å². The first-order valence-corrected chi connectivity index (χ1v) is 10.8. The molecule has 1 atom stereocenters. The molecular formula is C20H24ClFN2O3S. The molecule has 0 aliphatic heterocycles. The van der Waals surface area contributed by atoms with Crippen LogP contribution in [-0.2, 0) is 21.4 Å². The monoisotopic (exact) mass is 426 g/mol. The van der Waals surface area contributed by atoms with Crippen molar-refractivity contribution in [3.63, 3.8) is 0 Å². The fourth-order valence-electron chi connectivity index (χ4n) is 2.53. The van der Waals surface area contributed by atoms with Crippen LogP contribution in [-0.4, -0.2) is 31.2 Å². The lowest BCUT2D eigenvalue weighted by Crippen LogP contribution is -2.43. The molecular weight excluding hydrogens is 403 g/mol. The number of carbonyl (C=O) groups excluding carboxylic acids is 1. The lowest BCUT2D eigenvalue weighted by Gasteiger charge is -2.23. The van der Waals surface area contributed by atoms with Crippen molar-refractivity contribution in [1.82, 2.24) is 9.62 Å². The van der Waals surface area contributed by atoms with Crippen LogP contribution in [0, 0.1) is 12.7 Å². The summed E-state index contributed by atoms with van der Waals surface area (Å²) in [6, 6.07) is 10.3. The third kappa shape index (κ3) is 5.53. The van der Waals surface area contributed by atoms with Crippen molar-refractivity contribution < 1.29 is 17.6 Å². The molecule has 1 amide bonds. The van der Waals surface area contributed by atoms with Gasteiger partial charge >= 0.3 is 0 Å². The van der Waals surface area contributed by atoms with E-state index < -0.39 is 28.3 Å². The summed E-state index contributed by atoms with van der Waals surface area (Å²) >= 11 is 6.07. The highest BCUT2D eigenvalue weighted by Crippen LogP contribution is 2.24. The van der Waals surface area contributed by atoms with Crippen molar-refractivity contribution in [3.8, 4) is 0 Å². The smallest absolute Gasteiger partial charge is 0.243 e. The maximum Gasteiger partial charge on any atom is 0.243 e. The minimum atomic E-state index is -4.04. The number of benzene rings is 2. The van der Waals surface area contributed by atoms with Crippen molar-refractivity contribution in [2.24, 2.45) is 0 Å². The average Bonchev–Trinajstić information content (AvgIpc) is 2.64. The van der Waals surface area contributed by atoms with Gasteiger partial charge in [-0.1, -0.05) is 42.3 Å². The number of aryl methyl sites for hydroxylation is 1. The first-order valence-electron chi connectivity index (χ1n) is 8.94. The first kappa shape index (κ1) is 22.3. The first-order chi connectivity index (χ1) is 13.1. The normalized spacial score (nSPS) is 12.8. The van der Waals surface area contributed by atoms with Gasteiger partial charge in [-0.05, 0) is 44.5 Å². The van der Waals surface area contributed by atoms with Gasteiger partial charge < -0.3 is 5.32 Å². The number of amides is 1. The molecule has 1 N–H and O–H groups in total. The predicted molar refractivity (Wildman–Crippen MR) is 108 cm³/mol. The molecule has 0 radical (unpaired) electrons. The molecule has 2 aromatic rings. The molecule has 0 fully saturated rings. The molecule has 152 valence electrons. The van der Waals surface area contributed by atoms with Gasteiger partial charge in [0.25, 0.3) is 0 Å². The zero-order valence-electron chi connectivity index (χ0n) is 16.1. The number of carbonyl (C=O) groups is 1. The summed E-state index contributed by atoms with van der Waals surface area (Å²) in [7, 11) is -4.04. The molecule has 0 spiro atoms. The van der Waals surface area contributed by atoms with Crippen molar-refractivity contribution in [2.75, 3.05) is 6.54 Å². The van der Waals surface area contributed by atoms with Crippen molar-refractivity contribution in [2.45, 2.75) is 44.7 Å². The number of halogens is 2. The van der Waals surface area contributed by atoms with Gasteiger partial charge in [-0.25, -0.2) is 12.8 Å². The molecule has 0 aliphatic rings. The molecule has 0 heterocycles. The molecule has 0 aromatic heterocycles. The van der Waals surface area contributed by atoms with E-state index in [9.17, 15) is 17.6 Å². The summed E-state index contributed by atoms with van der Waals surface area (Å²) in [6.45, 7) is 4.78. The van der Waals surface area contributed by atoms with Crippen LogP contribution in [0.25, 0.3) is 0 Å². The summed E-state index contributed by atoms with van der Waals surface area (Å²) in [5.41, 5.74) is 0.924. The Morgan fingerprint density at radius 1 is 1.21 bits per heavy atom. The third-order valence-corrected chi connectivity index (χ3v) is 6.55. The Balaban J connectivity index is 2.40. The van der Waals surface area contributed by atoms with Gasteiger partial charge in [0, 0.05) is 23.2 Å². The quantitative estimate of drug-likeness (QED) is 0.696. The van der Waals surface area contributed by atoms with Crippen LogP contribution in [0.1, 0.15) is 31.4 Å². The molecule has 2 rings (SSSR count). The second kappa shape index (κ2) is 9.49. The largest absolute Gasteiger partial charge is 0.353 e. The van der Waals surface area contributed by atoms with Crippen molar-refractivity contribution >= 4 is 27.5 Å². The molecule has 2 aromatic carbocycles. The van der Waals surface area contributed by atoms with Gasteiger partial charge in [-0.15, -0.1) is 0 Å². The summed E-state index contributed by atoms with van der Waals surface area (Å²) < 4.78 is 41.5.